The van der Waals surface area contributed by atoms with Crippen molar-refractivity contribution < 1.29 is 9.18 Å². The first-order valence-corrected chi connectivity index (χ1v) is 9.13. The van der Waals surface area contributed by atoms with Gasteiger partial charge in [0.15, 0.2) is 0 Å². The highest BCUT2D eigenvalue weighted by atomic mass is 19.1. The van der Waals surface area contributed by atoms with E-state index in [0.717, 1.165) is 70.4 Å². The fourth-order valence-electron chi connectivity index (χ4n) is 3.91. The van der Waals surface area contributed by atoms with E-state index in [4.69, 9.17) is 5.73 Å². The Morgan fingerprint density at radius 1 is 1.08 bits per heavy atom. The second-order valence-corrected chi connectivity index (χ2v) is 7.21. The Kier molecular flexibility index (Phi) is 5.85. The predicted molar refractivity (Wildman–Crippen MR) is 92.8 cm³/mol. The van der Waals surface area contributed by atoms with Crippen molar-refractivity contribution in [3.8, 4) is 0 Å². The number of nitrogens with zero attached hydrogens (tertiary/aromatic N) is 2. The Labute approximate surface area is 143 Å². The normalized spacial score (nSPS) is 26.2. The molecule has 24 heavy (non-hydrogen) atoms. The highest BCUT2D eigenvalue weighted by Gasteiger charge is 2.29. The van der Waals surface area contributed by atoms with Crippen LogP contribution in [0.15, 0.2) is 24.3 Å². The molecular weight excluding hydrogens is 305 g/mol. The topological polar surface area (TPSA) is 49.6 Å². The summed E-state index contributed by atoms with van der Waals surface area (Å²) in [4.78, 5) is 17.2. The lowest BCUT2D eigenvalue weighted by Gasteiger charge is -2.31. The minimum atomic E-state index is -0.197. The molecule has 2 N–H and O–H groups in total. The van der Waals surface area contributed by atoms with Gasteiger partial charge in [0.1, 0.15) is 5.82 Å². The van der Waals surface area contributed by atoms with E-state index in [0.29, 0.717) is 5.91 Å². The lowest BCUT2D eigenvalue weighted by atomic mass is 9.85. The molecule has 1 saturated carbocycles. The number of hydrogen-bond acceptors (Lipinski definition) is 3. The van der Waals surface area contributed by atoms with Crippen LogP contribution in [-0.2, 0) is 11.3 Å². The summed E-state index contributed by atoms with van der Waals surface area (Å²) in [5.74, 6) is 0.225. The molecule has 1 saturated heterocycles. The van der Waals surface area contributed by atoms with E-state index in [1.807, 2.05) is 17.0 Å². The largest absolute Gasteiger partial charge is 0.341 e. The minimum Gasteiger partial charge on any atom is -0.341 e. The molecule has 3 rings (SSSR count). The average Bonchev–Trinajstić information content (AvgIpc) is 2.82. The van der Waals surface area contributed by atoms with Crippen molar-refractivity contribution in [2.75, 3.05) is 26.2 Å². The van der Waals surface area contributed by atoms with Gasteiger partial charge in [-0.05, 0) is 43.4 Å². The first kappa shape index (κ1) is 17.4. The molecule has 4 nitrogen and oxygen atoms in total. The molecule has 1 heterocycles. The molecule has 1 aliphatic heterocycles. The molecular formula is C19H28FN3O. The molecule has 1 aromatic carbocycles. The zero-order chi connectivity index (χ0) is 16.9. The van der Waals surface area contributed by atoms with Crippen molar-refractivity contribution in [3.05, 3.63) is 35.6 Å². The molecule has 1 aliphatic carbocycles. The number of amides is 1. The highest BCUT2D eigenvalue weighted by Crippen LogP contribution is 2.25. The van der Waals surface area contributed by atoms with Gasteiger partial charge in [-0.3, -0.25) is 9.69 Å². The SMILES string of the molecule is NC1CCCC(C(=O)N2CCCN(Cc3ccc(F)cc3)CC2)C1. The van der Waals surface area contributed by atoms with Crippen LogP contribution in [0.2, 0.25) is 0 Å². The van der Waals surface area contributed by atoms with Crippen molar-refractivity contribution in [1.82, 2.24) is 9.80 Å². The lowest BCUT2D eigenvalue weighted by Crippen LogP contribution is -2.42. The van der Waals surface area contributed by atoms with Crippen LogP contribution < -0.4 is 5.73 Å². The first-order valence-electron chi connectivity index (χ1n) is 9.13. The zero-order valence-corrected chi connectivity index (χ0v) is 14.3. The third-order valence-electron chi connectivity index (χ3n) is 5.28. The number of carbonyl (C=O) groups is 1. The molecule has 1 amide bonds. The Balaban J connectivity index is 1.52. The summed E-state index contributed by atoms with van der Waals surface area (Å²) in [6.07, 6.45) is 4.94. The van der Waals surface area contributed by atoms with Crippen LogP contribution in [-0.4, -0.2) is 47.9 Å². The van der Waals surface area contributed by atoms with Crippen LogP contribution in [0.25, 0.3) is 0 Å². The number of halogens is 1. The number of hydrogen-bond donors (Lipinski definition) is 1. The van der Waals surface area contributed by atoms with Crippen molar-refractivity contribution in [2.45, 2.75) is 44.7 Å². The van der Waals surface area contributed by atoms with Crippen LogP contribution >= 0.6 is 0 Å². The average molecular weight is 333 g/mol. The number of benzene rings is 1. The summed E-state index contributed by atoms with van der Waals surface area (Å²) >= 11 is 0. The first-order chi connectivity index (χ1) is 11.6. The summed E-state index contributed by atoms with van der Waals surface area (Å²) < 4.78 is 13.0. The van der Waals surface area contributed by atoms with Crippen LogP contribution in [0.1, 0.15) is 37.7 Å². The molecule has 5 heteroatoms. The summed E-state index contributed by atoms with van der Waals surface area (Å²) in [7, 11) is 0. The second kappa shape index (κ2) is 8.08. The third-order valence-corrected chi connectivity index (χ3v) is 5.28. The summed E-state index contributed by atoms with van der Waals surface area (Å²) in [5, 5.41) is 0. The molecule has 132 valence electrons. The molecule has 0 spiro atoms. The van der Waals surface area contributed by atoms with E-state index < -0.39 is 0 Å². The van der Waals surface area contributed by atoms with Gasteiger partial charge < -0.3 is 10.6 Å². The molecule has 0 radical (unpaired) electrons. The van der Waals surface area contributed by atoms with Crippen molar-refractivity contribution in [2.24, 2.45) is 11.7 Å². The fourth-order valence-corrected chi connectivity index (χ4v) is 3.91. The van der Waals surface area contributed by atoms with E-state index in [-0.39, 0.29) is 17.8 Å². The van der Waals surface area contributed by atoms with Gasteiger partial charge >= 0.3 is 0 Å². The molecule has 2 atom stereocenters. The Morgan fingerprint density at radius 2 is 1.88 bits per heavy atom. The van der Waals surface area contributed by atoms with E-state index in [1.54, 1.807) is 0 Å². The van der Waals surface area contributed by atoms with Crippen molar-refractivity contribution in [3.63, 3.8) is 0 Å². The maximum atomic E-state index is 13.0. The highest BCUT2D eigenvalue weighted by molar-refractivity contribution is 5.79. The fraction of sp³-hybridized carbons (Fsp3) is 0.632. The lowest BCUT2D eigenvalue weighted by molar-refractivity contribution is -0.136. The zero-order valence-electron chi connectivity index (χ0n) is 14.3. The van der Waals surface area contributed by atoms with Gasteiger partial charge in [0.05, 0.1) is 0 Å². The van der Waals surface area contributed by atoms with Crippen LogP contribution in [0, 0.1) is 11.7 Å². The quantitative estimate of drug-likeness (QED) is 0.924. The maximum absolute atomic E-state index is 13.0. The Hall–Kier alpha value is -1.46. The third kappa shape index (κ3) is 4.54. The van der Waals surface area contributed by atoms with E-state index in [2.05, 4.69) is 4.90 Å². The standard InChI is InChI=1S/C19H28FN3O/c20-17-7-5-15(6-8-17)14-22-9-2-10-23(12-11-22)19(24)16-3-1-4-18(21)13-16/h5-8,16,18H,1-4,9-14,21H2. The number of carbonyl (C=O) groups excluding carboxylic acids is 1. The van der Waals surface area contributed by atoms with Gasteiger partial charge in [-0.15, -0.1) is 0 Å². The molecule has 1 aromatic rings. The van der Waals surface area contributed by atoms with Gasteiger partial charge in [0.25, 0.3) is 0 Å². The van der Waals surface area contributed by atoms with Gasteiger partial charge in [-0.1, -0.05) is 18.6 Å². The van der Waals surface area contributed by atoms with Crippen LogP contribution in [0.3, 0.4) is 0 Å². The van der Waals surface area contributed by atoms with Crippen LogP contribution in [0.4, 0.5) is 4.39 Å². The molecule has 0 bridgehead atoms. The van der Waals surface area contributed by atoms with Gasteiger partial charge in [-0.25, -0.2) is 4.39 Å². The molecule has 2 fully saturated rings. The van der Waals surface area contributed by atoms with E-state index in [1.165, 1.54) is 12.1 Å². The Bertz CT molecular complexity index is 548. The number of rotatable bonds is 3. The van der Waals surface area contributed by atoms with Crippen LogP contribution in [0.5, 0.6) is 0 Å². The summed E-state index contributed by atoms with van der Waals surface area (Å²) in [6, 6.07) is 6.89. The predicted octanol–water partition coefficient (Wildman–Crippen LogP) is 2.38. The monoisotopic (exact) mass is 333 g/mol. The van der Waals surface area contributed by atoms with Crippen molar-refractivity contribution in [1.29, 1.82) is 0 Å². The van der Waals surface area contributed by atoms with Gasteiger partial charge in [0.2, 0.25) is 5.91 Å². The molecule has 2 aliphatic rings. The van der Waals surface area contributed by atoms with Gasteiger partial charge in [-0.2, -0.15) is 0 Å². The summed E-state index contributed by atoms with van der Waals surface area (Å²) in [5.41, 5.74) is 7.16. The minimum absolute atomic E-state index is 0.123. The molecule has 0 aromatic heterocycles. The van der Waals surface area contributed by atoms with Gasteiger partial charge in [0, 0.05) is 44.7 Å². The Morgan fingerprint density at radius 3 is 2.62 bits per heavy atom. The van der Waals surface area contributed by atoms with E-state index in [9.17, 15) is 9.18 Å². The number of nitrogens with two attached hydrogens (primary N) is 1. The van der Waals surface area contributed by atoms with Crippen molar-refractivity contribution >= 4 is 5.91 Å². The second-order valence-electron chi connectivity index (χ2n) is 7.21. The summed E-state index contributed by atoms with van der Waals surface area (Å²) in [6.45, 7) is 4.29. The molecule has 2 unspecified atom stereocenters. The van der Waals surface area contributed by atoms with E-state index >= 15 is 0 Å². The smallest absolute Gasteiger partial charge is 0.225 e. The maximum Gasteiger partial charge on any atom is 0.225 e.